The molecule has 138 valence electrons. The molecule has 6 nitrogen and oxygen atoms in total. The van der Waals surface area contributed by atoms with Crippen LogP contribution >= 0.6 is 0 Å². The fraction of sp³-hybridized carbons (Fsp3) is 0.300. The molecule has 1 atom stereocenters. The Morgan fingerprint density at radius 3 is 2.42 bits per heavy atom. The van der Waals surface area contributed by atoms with Crippen LogP contribution in [0.4, 0.5) is 0 Å². The molecule has 0 aliphatic rings. The van der Waals surface area contributed by atoms with Gasteiger partial charge in [-0.2, -0.15) is 0 Å². The molecule has 2 rings (SSSR count). The molecular formula is C20H23NO5. The molecule has 0 saturated heterocycles. The summed E-state index contributed by atoms with van der Waals surface area (Å²) < 4.78 is 15.4. The second-order valence-corrected chi connectivity index (χ2v) is 5.75. The molecule has 2 aromatic rings. The Hall–Kier alpha value is -2.86. The number of esters is 1. The van der Waals surface area contributed by atoms with Gasteiger partial charge in [0.05, 0.1) is 19.3 Å². The smallest absolute Gasteiger partial charge is 0.338 e. The van der Waals surface area contributed by atoms with Gasteiger partial charge in [0.25, 0.3) is 5.91 Å². The van der Waals surface area contributed by atoms with Crippen molar-refractivity contribution in [3.8, 4) is 5.75 Å². The number of ether oxygens (including phenoxy) is 3. The highest BCUT2D eigenvalue weighted by atomic mass is 16.5. The highest BCUT2D eigenvalue weighted by Crippen LogP contribution is 2.12. The molecule has 1 amide bonds. The average molecular weight is 357 g/mol. The molecule has 1 unspecified atom stereocenters. The Bertz CT molecular complexity index is 742. The molecule has 0 aliphatic heterocycles. The molecule has 0 fully saturated rings. The van der Waals surface area contributed by atoms with Gasteiger partial charge < -0.3 is 19.5 Å². The van der Waals surface area contributed by atoms with E-state index in [1.54, 1.807) is 39.3 Å². The third kappa shape index (κ3) is 5.60. The zero-order valence-electron chi connectivity index (χ0n) is 15.2. The molecule has 0 saturated carbocycles. The van der Waals surface area contributed by atoms with Crippen LogP contribution in [0, 0.1) is 0 Å². The number of hydrogen-bond acceptors (Lipinski definition) is 5. The van der Waals surface area contributed by atoms with Crippen molar-refractivity contribution in [2.45, 2.75) is 26.2 Å². The number of methoxy groups -OCH3 is 2. The molecule has 0 aromatic heterocycles. The summed E-state index contributed by atoms with van der Waals surface area (Å²) in [6, 6.07) is 14.3. The summed E-state index contributed by atoms with van der Waals surface area (Å²) in [5, 5.41) is 2.75. The zero-order valence-corrected chi connectivity index (χ0v) is 15.2. The van der Waals surface area contributed by atoms with Crippen LogP contribution in [0.3, 0.4) is 0 Å². The van der Waals surface area contributed by atoms with Gasteiger partial charge in [-0.25, -0.2) is 4.79 Å². The minimum atomic E-state index is -0.896. The summed E-state index contributed by atoms with van der Waals surface area (Å²) in [4.78, 5) is 24.3. The Morgan fingerprint density at radius 1 is 1.04 bits per heavy atom. The van der Waals surface area contributed by atoms with Crippen LogP contribution in [0.25, 0.3) is 0 Å². The molecule has 1 N–H and O–H groups in total. The predicted molar refractivity (Wildman–Crippen MR) is 96.9 cm³/mol. The topological polar surface area (TPSA) is 73.9 Å². The number of nitrogens with one attached hydrogen (secondary N) is 1. The second kappa shape index (κ2) is 9.58. The molecule has 0 bridgehead atoms. The van der Waals surface area contributed by atoms with Crippen molar-refractivity contribution in [3.63, 3.8) is 0 Å². The van der Waals surface area contributed by atoms with E-state index in [-0.39, 0.29) is 5.91 Å². The largest absolute Gasteiger partial charge is 0.497 e. The quantitative estimate of drug-likeness (QED) is 0.736. The fourth-order valence-electron chi connectivity index (χ4n) is 2.31. The van der Waals surface area contributed by atoms with E-state index in [1.807, 2.05) is 30.3 Å². The number of carbonyl (C=O) groups is 2. The van der Waals surface area contributed by atoms with Gasteiger partial charge in [-0.3, -0.25) is 4.79 Å². The minimum Gasteiger partial charge on any atom is -0.497 e. The SMILES string of the molecule is COCc1cccc(C(=O)OC(C)C(=O)NCc2ccc(OC)cc2)c1. The average Bonchev–Trinajstić information content (AvgIpc) is 2.66. The molecule has 26 heavy (non-hydrogen) atoms. The number of hydrogen-bond donors (Lipinski definition) is 1. The first-order valence-corrected chi connectivity index (χ1v) is 8.23. The van der Waals surface area contributed by atoms with Gasteiger partial charge in [-0.15, -0.1) is 0 Å². The summed E-state index contributed by atoms with van der Waals surface area (Å²) in [5.74, 6) is -0.157. The van der Waals surface area contributed by atoms with Crippen LogP contribution in [-0.2, 0) is 27.4 Å². The van der Waals surface area contributed by atoms with Gasteiger partial charge in [-0.1, -0.05) is 24.3 Å². The van der Waals surface area contributed by atoms with Gasteiger partial charge in [0.2, 0.25) is 0 Å². The lowest BCUT2D eigenvalue weighted by atomic mass is 10.1. The monoisotopic (exact) mass is 357 g/mol. The van der Waals surface area contributed by atoms with Gasteiger partial charge in [0, 0.05) is 13.7 Å². The van der Waals surface area contributed by atoms with E-state index in [0.717, 1.165) is 16.9 Å². The van der Waals surface area contributed by atoms with Crippen molar-refractivity contribution in [2.24, 2.45) is 0 Å². The van der Waals surface area contributed by atoms with Crippen LogP contribution in [0.2, 0.25) is 0 Å². The van der Waals surface area contributed by atoms with Crippen molar-refractivity contribution in [3.05, 3.63) is 65.2 Å². The second-order valence-electron chi connectivity index (χ2n) is 5.75. The molecule has 2 aromatic carbocycles. The maximum Gasteiger partial charge on any atom is 0.338 e. The van der Waals surface area contributed by atoms with Crippen molar-refractivity contribution in [1.82, 2.24) is 5.32 Å². The van der Waals surface area contributed by atoms with E-state index < -0.39 is 12.1 Å². The molecule has 6 heteroatoms. The van der Waals surface area contributed by atoms with E-state index in [1.165, 1.54) is 0 Å². The van der Waals surface area contributed by atoms with Crippen molar-refractivity contribution >= 4 is 11.9 Å². The molecule has 0 aliphatic carbocycles. The van der Waals surface area contributed by atoms with Gasteiger partial charge in [0.15, 0.2) is 6.10 Å². The van der Waals surface area contributed by atoms with Crippen LogP contribution in [0.1, 0.15) is 28.4 Å². The highest BCUT2D eigenvalue weighted by molar-refractivity contribution is 5.92. The molecule has 0 radical (unpaired) electrons. The summed E-state index contributed by atoms with van der Waals surface area (Å²) in [5.41, 5.74) is 2.16. The first-order chi connectivity index (χ1) is 12.5. The van der Waals surface area contributed by atoms with Crippen LogP contribution in [0.5, 0.6) is 5.75 Å². The van der Waals surface area contributed by atoms with Crippen LogP contribution in [-0.4, -0.2) is 32.2 Å². The Labute approximate surface area is 153 Å². The Kier molecular flexibility index (Phi) is 7.17. The lowest BCUT2D eigenvalue weighted by molar-refractivity contribution is -0.129. The maximum atomic E-state index is 12.2. The number of carbonyl (C=O) groups excluding carboxylic acids is 2. The molecular weight excluding hydrogens is 334 g/mol. The number of rotatable bonds is 8. The lowest BCUT2D eigenvalue weighted by Gasteiger charge is -2.14. The fourth-order valence-corrected chi connectivity index (χ4v) is 2.31. The summed E-state index contributed by atoms with van der Waals surface area (Å²) >= 11 is 0. The van der Waals surface area contributed by atoms with Gasteiger partial charge in [0.1, 0.15) is 5.75 Å². The molecule has 0 spiro atoms. The van der Waals surface area contributed by atoms with Gasteiger partial charge in [-0.05, 0) is 42.3 Å². The minimum absolute atomic E-state index is 0.341. The normalized spacial score (nSPS) is 11.5. The van der Waals surface area contributed by atoms with E-state index in [0.29, 0.717) is 18.7 Å². The summed E-state index contributed by atoms with van der Waals surface area (Å²) in [6.45, 7) is 2.29. The standard InChI is InChI=1S/C20H23NO5/c1-14(19(22)21-12-15-7-9-18(25-3)10-8-15)26-20(23)17-6-4-5-16(11-17)13-24-2/h4-11,14H,12-13H2,1-3H3,(H,21,22). The lowest BCUT2D eigenvalue weighted by Crippen LogP contribution is -2.35. The van der Waals surface area contributed by atoms with Crippen LogP contribution in [0.15, 0.2) is 48.5 Å². The maximum absolute atomic E-state index is 12.2. The number of amides is 1. The third-order valence-corrected chi connectivity index (χ3v) is 3.75. The highest BCUT2D eigenvalue weighted by Gasteiger charge is 2.18. The van der Waals surface area contributed by atoms with E-state index in [9.17, 15) is 9.59 Å². The molecule has 0 heterocycles. The Balaban J connectivity index is 1.87. The first-order valence-electron chi connectivity index (χ1n) is 8.23. The van der Waals surface area contributed by atoms with Crippen molar-refractivity contribution in [2.75, 3.05) is 14.2 Å². The van der Waals surface area contributed by atoms with Gasteiger partial charge >= 0.3 is 5.97 Å². The van der Waals surface area contributed by atoms with Crippen LogP contribution < -0.4 is 10.1 Å². The summed E-state index contributed by atoms with van der Waals surface area (Å²) in [6.07, 6.45) is -0.896. The Morgan fingerprint density at radius 2 is 1.77 bits per heavy atom. The zero-order chi connectivity index (χ0) is 18.9. The van der Waals surface area contributed by atoms with E-state index in [4.69, 9.17) is 14.2 Å². The number of benzene rings is 2. The van der Waals surface area contributed by atoms with Crippen molar-refractivity contribution in [1.29, 1.82) is 0 Å². The van der Waals surface area contributed by atoms with E-state index in [2.05, 4.69) is 5.32 Å². The van der Waals surface area contributed by atoms with Crippen molar-refractivity contribution < 1.29 is 23.8 Å². The predicted octanol–water partition coefficient (Wildman–Crippen LogP) is 2.70. The summed E-state index contributed by atoms with van der Waals surface area (Å²) in [7, 11) is 3.18. The van der Waals surface area contributed by atoms with E-state index >= 15 is 0 Å². The third-order valence-electron chi connectivity index (χ3n) is 3.75. The first kappa shape index (κ1) is 19.5.